The molecule has 0 bridgehead atoms. The Kier molecular flexibility index (Phi) is 6.26. The number of ether oxygens (including phenoxy) is 3. The lowest BCUT2D eigenvalue weighted by Crippen LogP contribution is -2.32. The molecule has 2 amide bonds. The average molecular weight is 399 g/mol. The molecule has 0 unspecified atom stereocenters. The van der Waals surface area contributed by atoms with Crippen LogP contribution < -0.4 is 14.2 Å². The predicted octanol–water partition coefficient (Wildman–Crippen LogP) is 4.13. The van der Waals surface area contributed by atoms with E-state index in [1.54, 1.807) is 38.5 Å². The fraction of sp³-hybridized carbons (Fsp3) is 0.238. The summed E-state index contributed by atoms with van der Waals surface area (Å²) in [4.78, 5) is 26.5. The zero-order valence-corrected chi connectivity index (χ0v) is 16.7. The number of carbonyl (C=O) groups excluding carboxylic acids is 2. The summed E-state index contributed by atoms with van der Waals surface area (Å²) < 4.78 is 16.2. The van der Waals surface area contributed by atoms with E-state index in [1.165, 1.54) is 4.90 Å². The highest BCUT2D eigenvalue weighted by atomic mass is 32.2. The van der Waals surface area contributed by atoms with Crippen LogP contribution in [0.2, 0.25) is 0 Å². The molecule has 6 nitrogen and oxygen atoms in total. The van der Waals surface area contributed by atoms with Gasteiger partial charge in [-0.05, 0) is 60.7 Å². The second-order valence-electron chi connectivity index (χ2n) is 6.11. The summed E-state index contributed by atoms with van der Waals surface area (Å²) in [7, 11) is 3.11. The largest absolute Gasteiger partial charge is 0.497 e. The van der Waals surface area contributed by atoms with E-state index in [1.807, 2.05) is 31.2 Å². The number of hydrogen-bond acceptors (Lipinski definition) is 6. The fourth-order valence-corrected chi connectivity index (χ4v) is 3.60. The van der Waals surface area contributed by atoms with Gasteiger partial charge in [0.2, 0.25) is 0 Å². The zero-order chi connectivity index (χ0) is 20.1. The summed E-state index contributed by atoms with van der Waals surface area (Å²) in [6, 6.07) is 12.9. The van der Waals surface area contributed by atoms with Crippen molar-refractivity contribution in [2.45, 2.75) is 6.92 Å². The van der Waals surface area contributed by atoms with Gasteiger partial charge in [0.25, 0.3) is 11.1 Å². The normalized spacial score (nSPS) is 15.2. The van der Waals surface area contributed by atoms with Crippen LogP contribution in [0.4, 0.5) is 4.79 Å². The van der Waals surface area contributed by atoms with Gasteiger partial charge >= 0.3 is 0 Å². The van der Waals surface area contributed by atoms with E-state index in [9.17, 15) is 9.59 Å². The van der Waals surface area contributed by atoms with Crippen LogP contribution in [-0.4, -0.2) is 43.4 Å². The van der Waals surface area contributed by atoms with E-state index in [-0.39, 0.29) is 24.3 Å². The van der Waals surface area contributed by atoms with Crippen molar-refractivity contribution in [1.29, 1.82) is 0 Å². The lowest BCUT2D eigenvalue weighted by molar-refractivity contribution is -0.123. The summed E-state index contributed by atoms with van der Waals surface area (Å²) >= 11 is 0.905. The van der Waals surface area contributed by atoms with Crippen LogP contribution in [0.25, 0.3) is 6.08 Å². The van der Waals surface area contributed by atoms with Crippen molar-refractivity contribution in [1.82, 2.24) is 4.90 Å². The predicted molar refractivity (Wildman–Crippen MR) is 109 cm³/mol. The molecule has 28 heavy (non-hydrogen) atoms. The second kappa shape index (κ2) is 8.84. The van der Waals surface area contributed by atoms with E-state index >= 15 is 0 Å². The van der Waals surface area contributed by atoms with Crippen molar-refractivity contribution in [3.05, 3.63) is 58.5 Å². The molecule has 0 spiro atoms. The molecule has 1 aliphatic heterocycles. The summed E-state index contributed by atoms with van der Waals surface area (Å²) in [6.45, 7) is 2.39. The Labute approximate surface area is 168 Å². The molecule has 1 saturated heterocycles. The first kappa shape index (κ1) is 19.8. The van der Waals surface area contributed by atoms with Crippen LogP contribution in [0.3, 0.4) is 0 Å². The molecule has 0 atom stereocenters. The first-order chi connectivity index (χ1) is 13.5. The molecule has 2 aromatic rings. The summed E-state index contributed by atoms with van der Waals surface area (Å²) in [6.07, 6.45) is 1.65. The van der Waals surface area contributed by atoms with Gasteiger partial charge in [0.05, 0.1) is 25.7 Å². The Hall–Kier alpha value is -2.93. The number of imide groups is 1. The van der Waals surface area contributed by atoms with Crippen LogP contribution in [0.15, 0.2) is 47.4 Å². The molecule has 0 aliphatic carbocycles. The van der Waals surface area contributed by atoms with Gasteiger partial charge in [0.15, 0.2) is 0 Å². The minimum absolute atomic E-state index is 0.186. The Bertz CT molecular complexity index is 925. The molecule has 146 valence electrons. The number of hydrogen-bond donors (Lipinski definition) is 0. The lowest BCUT2D eigenvalue weighted by Gasteiger charge is -2.13. The van der Waals surface area contributed by atoms with Crippen LogP contribution >= 0.6 is 11.8 Å². The van der Waals surface area contributed by atoms with Crippen LogP contribution in [0.1, 0.15) is 11.1 Å². The maximum Gasteiger partial charge on any atom is 0.293 e. The maximum absolute atomic E-state index is 12.7. The van der Waals surface area contributed by atoms with Gasteiger partial charge in [-0.3, -0.25) is 14.5 Å². The quantitative estimate of drug-likeness (QED) is 0.653. The van der Waals surface area contributed by atoms with Crippen molar-refractivity contribution in [3.8, 4) is 17.2 Å². The monoisotopic (exact) mass is 399 g/mol. The SMILES string of the molecule is COc1ccc(OC)c(/C=C2\SC(=O)N(CCOc3cccc(C)c3)C2=O)c1. The first-order valence-electron chi connectivity index (χ1n) is 8.68. The molecule has 1 aliphatic rings. The summed E-state index contributed by atoms with van der Waals surface area (Å²) in [5.41, 5.74) is 1.75. The first-order valence-corrected chi connectivity index (χ1v) is 9.50. The van der Waals surface area contributed by atoms with Crippen molar-refractivity contribution in [3.63, 3.8) is 0 Å². The number of aryl methyl sites for hydroxylation is 1. The lowest BCUT2D eigenvalue weighted by atomic mass is 10.1. The minimum Gasteiger partial charge on any atom is -0.497 e. The third kappa shape index (κ3) is 4.48. The van der Waals surface area contributed by atoms with Crippen molar-refractivity contribution < 1.29 is 23.8 Å². The zero-order valence-electron chi connectivity index (χ0n) is 15.9. The van der Waals surface area contributed by atoms with Gasteiger partial charge in [0, 0.05) is 5.56 Å². The Morgan fingerprint density at radius 1 is 1.04 bits per heavy atom. The number of rotatable bonds is 7. The number of benzene rings is 2. The van der Waals surface area contributed by atoms with Crippen molar-refractivity contribution in [2.75, 3.05) is 27.4 Å². The smallest absolute Gasteiger partial charge is 0.293 e. The highest BCUT2D eigenvalue weighted by Gasteiger charge is 2.35. The van der Waals surface area contributed by atoms with Crippen LogP contribution in [0.5, 0.6) is 17.2 Å². The van der Waals surface area contributed by atoms with Gasteiger partial charge in [-0.2, -0.15) is 0 Å². The van der Waals surface area contributed by atoms with E-state index in [2.05, 4.69) is 0 Å². The molecule has 2 aromatic carbocycles. The molecular formula is C21H21NO5S. The van der Waals surface area contributed by atoms with E-state index in [0.717, 1.165) is 17.3 Å². The topological polar surface area (TPSA) is 65.1 Å². The van der Waals surface area contributed by atoms with E-state index in [0.29, 0.717) is 27.7 Å². The van der Waals surface area contributed by atoms with Gasteiger partial charge in [0.1, 0.15) is 23.9 Å². The Morgan fingerprint density at radius 2 is 1.86 bits per heavy atom. The molecule has 0 saturated carbocycles. The maximum atomic E-state index is 12.7. The second-order valence-corrected chi connectivity index (χ2v) is 7.10. The third-order valence-corrected chi connectivity index (χ3v) is 5.08. The molecule has 0 aromatic heterocycles. The number of thioether (sulfide) groups is 1. The standard InChI is InChI=1S/C21H21NO5S/c1-14-5-4-6-17(11-14)27-10-9-22-20(23)19(28-21(22)24)13-15-12-16(25-2)7-8-18(15)26-3/h4-8,11-13H,9-10H2,1-3H3/b19-13-. The third-order valence-electron chi connectivity index (χ3n) is 4.17. The molecular weight excluding hydrogens is 378 g/mol. The number of nitrogens with zero attached hydrogens (tertiary/aromatic N) is 1. The Balaban J connectivity index is 1.70. The van der Waals surface area contributed by atoms with E-state index < -0.39 is 0 Å². The van der Waals surface area contributed by atoms with Crippen molar-refractivity contribution >= 4 is 29.0 Å². The molecule has 1 fully saturated rings. The summed E-state index contributed by atoms with van der Waals surface area (Å²) in [5.74, 6) is 1.60. The molecule has 3 rings (SSSR count). The van der Waals surface area contributed by atoms with Gasteiger partial charge in [-0.1, -0.05) is 12.1 Å². The number of amides is 2. The Morgan fingerprint density at radius 3 is 2.57 bits per heavy atom. The molecule has 0 N–H and O–H groups in total. The molecule has 0 radical (unpaired) electrons. The molecule has 1 heterocycles. The van der Waals surface area contributed by atoms with Gasteiger partial charge in [-0.25, -0.2) is 0 Å². The highest BCUT2D eigenvalue weighted by molar-refractivity contribution is 8.18. The van der Waals surface area contributed by atoms with Gasteiger partial charge in [-0.15, -0.1) is 0 Å². The average Bonchev–Trinajstić information content (AvgIpc) is 2.95. The van der Waals surface area contributed by atoms with Gasteiger partial charge < -0.3 is 14.2 Å². The fourth-order valence-electron chi connectivity index (χ4n) is 2.75. The van der Waals surface area contributed by atoms with Crippen LogP contribution in [-0.2, 0) is 4.79 Å². The van der Waals surface area contributed by atoms with E-state index in [4.69, 9.17) is 14.2 Å². The summed E-state index contributed by atoms with van der Waals surface area (Å²) in [5, 5.41) is -0.314. The number of carbonyl (C=O) groups is 2. The molecule has 7 heteroatoms. The van der Waals surface area contributed by atoms with Crippen molar-refractivity contribution in [2.24, 2.45) is 0 Å². The minimum atomic E-state index is -0.340. The van der Waals surface area contributed by atoms with Crippen LogP contribution in [0, 0.1) is 6.92 Å². The number of methoxy groups -OCH3 is 2. The highest BCUT2D eigenvalue weighted by Crippen LogP contribution is 2.35.